The molecule has 1 aliphatic rings. The Morgan fingerprint density at radius 3 is 2.50 bits per heavy atom. The summed E-state index contributed by atoms with van der Waals surface area (Å²) in [6.45, 7) is 7.06. The summed E-state index contributed by atoms with van der Waals surface area (Å²) >= 11 is 0. The van der Waals surface area contributed by atoms with Crippen LogP contribution in [0.2, 0.25) is 0 Å². The van der Waals surface area contributed by atoms with Crippen LogP contribution >= 0.6 is 0 Å². The molecule has 1 fully saturated rings. The summed E-state index contributed by atoms with van der Waals surface area (Å²) in [7, 11) is 0. The van der Waals surface area contributed by atoms with Crippen molar-refractivity contribution in [3.8, 4) is 0 Å². The molecule has 0 heterocycles. The van der Waals surface area contributed by atoms with Gasteiger partial charge < -0.3 is 10.8 Å². The van der Waals surface area contributed by atoms with E-state index in [2.05, 4.69) is 32.9 Å². The third kappa shape index (κ3) is 2.77. The fourth-order valence-corrected chi connectivity index (χ4v) is 3.65. The minimum absolute atomic E-state index is 0.121. The molecule has 1 aromatic carbocycles. The average molecular weight is 275 g/mol. The van der Waals surface area contributed by atoms with E-state index in [-0.39, 0.29) is 5.41 Å². The number of rotatable bonds is 4. The minimum atomic E-state index is -0.426. The first-order valence-corrected chi connectivity index (χ1v) is 7.98. The zero-order valence-corrected chi connectivity index (χ0v) is 13.2. The van der Waals surface area contributed by atoms with Crippen LogP contribution in [0.5, 0.6) is 0 Å². The first-order valence-electron chi connectivity index (χ1n) is 7.98. The van der Waals surface area contributed by atoms with E-state index in [9.17, 15) is 5.11 Å². The van der Waals surface area contributed by atoms with Gasteiger partial charge in [-0.2, -0.15) is 0 Å². The van der Waals surface area contributed by atoms with Gasteiger partial charge in [-0.15, -0.1) is 0 Å². The summed E-state index contributed by atoms with van der Waals surface area (Å²) in [5.41, 5.74) is 9.50. The van der Waals surface area contributed by atoms with Gasteiger partial charge in [0, 0.05) is 12.0 Å². The molecule has 0 spiro atoms. The van der Waals surface area contributed by atoms with E-state index in [0.717, 1.165) is 24.3 Å². The molecular formula is C18H29NO. The normalized spacial score (nSPS) is 28.4. The molecule has 1 saturated carbocycles. The van der Waals surface area contributed by atoms with E-state index < -0.39 is 6.10 Å². The van der Waals surface area contributed by atoms with Gasteiger partial charge in [0.25, 0.3) is 0 Å². The lowest BCUT2D eigenvalue weighted by Gasteiger charge is -2.43. The number of aryl methyl sites for hydroxylation is 1. The molecule has 112 valence electrons. The lowest BCUT2D eigenvalue weighted by atomic mass is 9.65. The van der Waals surface area contributed by atoms with Crippen LogP contribution in [0.4, 0.5) is 0 Å². The molecule has 0 radical (unpaired) electrons. The van der Waals surface area contributed by atoms with E-state index in [4.69, 9.17) is 5.73 Å². The third-order valence-corrected chi connectivity index (χ3v) is 5.61. The van der Waals surface area contributed by atoms with Gasteiger partial charge in [-0.3, -0.25) is 0 Å². The van der Waals surface area contributed by atoms with Crippen LogP contribution in [0.1, 0.15) is 61.8 Å². The molecule has 0 bridgehead atoms. The summed E-state index contributed by atoms with van der Waals surface area (Å²) in [5, 5.41) is 11.0. The van der Waals surface area contributed by atoms with Crippen molar-refractivity contribution in [1.82, 2.24) is 0 Å². The Balaban J connectivity index is 2.25. The fourth-order valence-electron chi connectivity index (χ4n) is 3.65. The van der Waals surface area contributed by atoms with Crippen LogP contribution in [0, 0.1) is 25.2 Å². The van der Waals surface area contributed by atoms with E-state index in [0.29, 0.717) is 6.54 Å². The Kier molecular flexibility index (Phi) is 4.87. The highest BCUT2D eigenvalue weighted by Crippen LogP contribution is 2.48. The fraction of sp³-hybridized carbons (Fsp3) is 0.667. The number of hydrogen-bond donors (Lipinski definition) is 2. The Bertz CT molecular complexity index is 447. The number of aliphatic hydroxyl groups excluding tert-OH is 1. The van der Waals surface area contributed by atoms with Crippen LogP contribution in [0.3, 0.4) is 0 Å². The van der Waals surface area contributed by atoms with Gasteiger partial charge in [0.15, 0.2) is 0 Å². The van der Waals surface area contributed by atoms with Crippen molar-refractivity contribution < 1.29 is 5.11 Å². The Hall–Kier alpha value is -0.860. The summed E-state index contributed by atoms with van der Waals surface area (Å²) in [4.78, 5) is 0. The van der Waals surface area contributed by atoms with E-state index in [1.807, 2.05) is 6.07 Å². The molecular weight excluding hydrogens is 246 g/mol. The van der Waals surface area contributed by atoms with Gasteiger partial charge in [-0.05, 0) is 62.1 Å². The monoisotopic (exact) mass is 275 g/mol. The molecule has 0 saturated heterocycles. The van der Waals surface area contributed by atoms with Crippen molar-refractivity contribution >= 4 is 0 Å². The molecule has 1 aromatic rings. The van der Waals surface area contributed by atoms with Crippen molar-refractivity contribution in [3.05, 3.63) is 34.9 Å². The number of aliphatic hydroxyl groups is 1. The van der Waals surface area contributed by atoms with Gasteiger partial charge in [0.1, 0.15) is 0 Å². The molecule has 1 unspecified atom stereocenters. The third-order valence-electron chi connectivity index (χ3n) is 5.61. The van der Waals surface area contributed by atoms with E-state index in [1.54, 1.807) is 0 Å². The number of nitrogens with two attached hydrogens (primary N) is 1. The minimum Gasteiger partial charge on any atom is -0.388 e. The van der Waals surface area contributed by atoms with Gasteiger partial charge in [-0.1, -0.05) is 31.5 Å². The highest BCUT2D eigenvalue weighted by molar-refractivity contribution is 5.35. The van der Waals surface area contributed by atoms with Crippen molar-refractivity contribution in [1.29, 1.82) is 0 Å². The first kappa shape index (κ1) is 15.5. The van der Waals surface area contributed by atoms with Crippen LogP contribution in [0.15, 0.2) is 18.2 Å². The molecule has 20 heavy (non-hydrogen) atoms. The van der Waals surface area contributed by atoms with Gasteiger partial charge >= 0.3 is 0 Å². The summed E-state index contributed by atoms with van der Waals surface area (Å²) < 4.78 is 0. The molecule has 2 nitrogen and oxygen atoms in total. The van der Waals surface area contributed by atoms with Gasteiger partial charge in [-0.25, -0.2) is 0 Å². The summed E-state index contributed by atoms with van der Waals surface area (Å²) in [6, 6.07) is 6.22. The highest BCUT2D eigenvalue weighted by atomic mass is 16.3. The van der Waals surface area contributed by atoms with E-state index >= 15 is 0 Å². The summed E-state index contributed by atoms with van der Waals surface area (Å²) in [6.07, 6.45) is 5.34. The maximum atomic E-state index is 11.0. The summed E-state index contributed by atoms with van der Waals surface area (Å²) in [5.74, 6) is 0.820. The Morgan fingerprint density at radius 2 is 1.95 bits per heavy atom. The van der Waals surface area contributed by atoms with Crippen LogP contribution in [-0.4, -0.2) is 11.7 Å². The molecule has 1 atom stereocenters. The average Bonchev–Trinajstić information content (AvgIpc) is 2.49. The lowest BCUT2D eigenvalue weighted by Crippen LogP contribution is -2.40. The van der Waals surface area contributed by atoms with Crippen LogP contribution < -0.4 is 5.73 Å². The van der Waals surface area contributed by atoms with Crippen LogP contribution in [-0.2, 0) is 0 Å². The molecule has 3 N–H and O–H groups in total. The quantitative estimate of drug-likeness (QED) is 0.876. The van der Waals surface area contributed by atoms with Crippen molar-refractivity contribution in [2.75, 3.05) is 6.54 Å². The van der Waals surface area contributed by atoms with E-state index in [1.165, 1.54) is 30.4 Å². The molecule has 0 aliphatic heterocycles. The predicted molar refractivity (Wildman–Crippen MR) is 84.6 cm³/mol. The second-order valence-electron chi connectivity index (χ2n) is 6.61. The topological polar surface area (TPSA) is 46.2 Å². The standard InChI is InChI=1S/C18H29NO/c1-4-15-8-10-18(12-19,11-9-15)17(20)16-7-5-6-13(2)14(16)3/h5-7,15,17,20H,4,8-12,19H2,1-3H3. The maximum absolute atomic E-state index is 11.0. The number of benzene rings is 1. The van der Waals surface area contributed by atoms with Gasteiger partial charge in [0.2, 0.25) is 0 Å². The molecule has 1 aliphatic carbocycles. The smallest absolute Gasteiger partial charge is 0.0860 e. The van der Waals surface area contributed by atoms with Crippen molar-refractivity contribution in [2.45, 2.75) is 59.0 Å². The second kappa shape index (κ2) is 6.28. The number of hydrogen-bond acceptors (Lipinski definition) is 2. The first-order chi connectivity index (χ1) is 9.54. The lowest BCUT2D eigenvalue weighted by molar-refractivity contribution is -0.0107. The molecule has 2 heteroatoms. The van der Waals surface area contributed by atoms with Gasteiger partial charge in [0.05, 0.1) is 6.10 Å². The molecule has 0 amide bonds. The Morgan fingerprint density at radius 1 is 1.30 bits per heavy atom. The highest BCUT2D eigenvalue weighted by Gasteiger charge is 2.41. The maximum Gasteiger partial charge on any atom is 0.0860 e. The van der Waals surface area contributed by atoms with Crippen molar-refractivity contribution in [3.63, 3.8) is 0 Å². The second-order valence-corrected chi connectivity index (χ2v) is 6.61. The largest absolute Gasteiger partial charge is 0.388 e. The van der Waals surface area contributed by atoms with Crippen molar-refractivity contribution in [2.24, 2.45) is 17.1 Å². The van der Waals surface area contributed by atoms with Crippen LogP contribution in [0.25, 0.3) is 0 Å². The predicted octanol–water partition coefficient (Wildman–Crippen LogP) is 3.88. The Labute approximate surface area is 123 Å². The zero-order chi connectivity index (χ0) is 14.8. The molecule has 2 rings (SSSR count). The molecule has 0 aromatic heterocycles. The SMILES string of the molecule is CCC1CCC(CN)(C(O)c2cccc(C)c2C)CC1. The zero-order valence-electron chi connectivity index (χ0n) is 13.2.